The van der Waals surface area contributed by atoms with Crippen LogP contribution in [0.2, 0.25) is 0 Å². The smallest absolute Gasteiger partial charge is 0.269 e. The molecule has 0 spiro atoms. The second-order valence-corrected chi connectivity index (χ2v) is 7.99. The van der Waals surface area contributed by atoms with Crippen LogP contribution in [0.5, 0.6) is 5.75 Å². The number of nitrogens with zero attached hydrogens (tertiary/aromatic N) is 3. The first-order chi connectivity index (χ1) is 15.6. The third-order valence-corrected chi connectivity index (χ3v) is 5.91. The molecule has 1 amide bonds. The van der Waals surface area contributed by atoms with Crippen LogP contribution in [0.25, 0.3) is 0 Å². The number of piperidine rings is 1. The van der Waals surface area contributed by atoms with Crippen molar-refractivity contribution in [1.29, 1.82) is 0 Å². The van der Waals surface area contributed by atoms with Crippen molar-refractivity contribution in [3.05, 3.63) is 88.3 Å². The van der Waals surface area contributed by atoms with Gasteiger partial charge in [-0.3, -0.25) is 9.59 Å². The average molecular weight is 433 g/mol. The summed E-state index contributed by atoms with van der Waals surface area (Å²) in [5, 5.41) is 7.39. The Morgan fingerprint density at radius 1 is 1.09 bits per heavy atom. The number of aromatic nitrogens is 2. The van der Waals surface area contributed by atoms with Gasteiger partial charge < -0.3 is 15.0 Å². The number of hydrogen-bond acceptors (Lipinski definition) is 5. The SMILES string of the molecule is COc1ccccc1CNC(=O)C1CCN(c2cnn(Cc3ccccc3)c(=O)c2)CC1. The fraction of sp³-hybridized carbons (Fsp3) is 0.320. The van der Waals surface area contributed by atoms with E-state index in [4.69, 9.17) is 4.74 Å². The molecule has 32 heavy (non-hydrogen) atoms. The van der Waals surface area contributed by atoms with Crippen LogP contribution in [0, 0.1) is 5.92 Å². The Hall–Kier alpha value is -3.61. The van der Waals surface area contributed by atoms with E-state index >= 15 is 0 Å². The van der Waals surface area contributed by atoms with Crippen LogP contribution in [0.1, 0.15) is 24.0 Å². The third-order valence-electron chi connectivity index (χ3n) is 5.91. The lowest BCUT2D eigenvalue weighted by molar-refractivity contribution is -0.125. The largest absolute Gasteiger partial charge is 0.496 e. The van der Waals surface area contributed by atoms with E-state index in [0.29, 0.717) is 13.1 Å². The van der Waals surface area contributed by atoms with Crippen LogP contribution in [0.4, 0.5) is 5.69 Å². The molecular weight excluding hydrogens is 404 g/mol. The topological polar surface area (TPSA) is 76.5 Å². The molecule has 2 heterocycles. The molecule has 1 fully saturated rings. The molecule has 4 rings (SSSR count). The fourth-order valence-corrected chi connectivity index (χ4v) is 4.05. The lowest BCUT2D eigenvalue weighted by Crippen LogP contribution is -2.41. The number of methoxy groups -OCH3 is 1. The molecular formula is C25H28N4O3. The molecule has 1 aliphatic heterocycles. The standard InChI is InChI=1S/C25H28N4O3/c1-32-23-10-6-5-9-21(23)16-26-25(31)20-11-13-28(14-12-20)22-15-24(30)29(27-17-22)18-19-7-3-2-4-8-19/h2-10,15,17,20H,11-14,16,18H2,1H3,(H,26,31). The Morgan fingerprint density at radius 2 is 1.81 bits per heavy atom. The Bertz CT molecular complexity index is 1110. The quantitative estimate of drug-likeness (QED) is 0.621. The molecule has 0 unspecified atom stereocenters. The number of hydrogen-bond donors (Lipinski definition) is 1. The normalized spacial score (nSPS) is 14.2. The molecule has 166 valence electrons. The summed E-state index contributed by atoms with van der Waals surface area (Å²) >= 11 is 0. The molecule has 2 aromatic carbocycles. The predicted molar refractivity (Wildman–Crippen MR) is 124 cm³/mol. The van der Waals surface area contributed by atoms with Gasteiger partial charge in [0.1, 0.15) is 5.75 Å². The van der Waals surface area contributed by atoms with Gasteiger partial charge in [-0.15, -0.1) is 0 Å². The minimum atomic E-state index is -0.122. The molecule has 1 saturated heterocycles. The van der Waals surface area contributed by atoms with E-state index in [1.165, 1.54) is 4.68 Å². The van der Waals surface area contributed by atoms with Crippen molar-refractivity contribution in [3.63, 3.8) is 0 Å². The van der Waals surface area contributed by atoms with Gasteiger partial charge >= 0.3 is 0 Å². The molecule has 0 saturated carbocycles. The lowest BCUT2D eigenvalue weighted by Gasteiger charge is -2.32. The van der Waals surface area contributed by atoms with Crippen molar-refractivity contribution < 1.29 is 9.53 Å². The van der Waals surface area contributed by atoms with Crippen LogP contribution in [-0.2, 0) is 17.9 Å². The monoisotopic (exact) mass is 432 g/mol. The molecule has 7 heteroatoms. The Kier molecular flexibility index (Phi) is 6.84. The van der Waals surface area contributed by atoms with Crippen LogP contribution < -0.4 is 20.5 Å². The van der Waals surface area contributed by atoms with Crippen molar-refractivity contribution in [2.75, 3.05) is 25.1 Å². The number of para-hydroxylation sites is 1. The number of amides is 1. The van der Waals surface area contributed by atoms with E-state index in [2.05, 4.69) is 15.3 Å². The number of carbonyl (C=O) groups excluding carboxylic acids is 1. The molecule has 7 nitrogen and oxygen atoms in total. The van der Waals surface area contributed by atoms with Gasteiger partial charge in [0.05, 0.1) is 25.5 Å². The molecule has 1 aliphatic rings. The van der Waals surface area contributed by atoms with E-state index in [9.17, 15) is 9.59 Å². The highest BCUT2D eigenvalue weighted by Crippen LogP contribution is 2.23. The molecule has 0 atom stereocenters. The van der Waals surface area contributed by atoms with Gasteiger partial charge in [0, 0.05) is 37.2 Å². The molecule has 0 radical (unpaired) electrons. The average Bonchev–Trinajstić information content (AvgIpc) is 2.84. The highest BCUT2D eigenvalue weighted by Gasteiger charge is 2.25. The highest BCUT2D eigenvalue weighted by atomic mass is 16.5. The minimum Gasteiger partial charge on any atom is -0.496 e. The zero-order chi connectivity index (χ0) is 22.3. The first kappa shape index (κ1) is 21.6. The zero-order valence-electron chi connectivity index (χ0n) is 18.2. The molecule has 0 bridgehead atoms. The van der Waals surface area contributed by atoms with Crippen LogP contribution >= 0.6 is 0 Å². The Balaban J connectivity index is 1.31. The number of carbonyl (C=O) groups is 1. The number of benzene rings is 2. The second-order valence-electron chi connectivity index (χ2n) is 7.99. The van der Waals surface area contributed by atoms with Gasteiger partial charge in [0.2, 0.25) is 5.91 Å². The summed E-state index contributed by atoms with van der Waals surface area (Å²) in [5.74, 6) is 0.802. The number of anilines is 1. The maximum absolute atomic E-state index is 12.7. The van der Waals surface area contributed by atoms with Crippen molar-refractivity contribution in [2.24, 2.45) is 5.92 Å². The summed E-state index contributed by atoms with van der Waals surface area (Å²) in [6.45, 7) is 2.34. The Labute approximate surface area is 187 Å². The predicted octanol–water partition coefficient (Wildman–Crippen LogP) is 2.83. The zero-order valence-corrected chi connectivity index (χ0v) is 18.2. The summed E-state index contributed by atoms with van der Waals surface area (Å²) in [5.41, 5.74) is 2.69. The van der Waals surface area contributed by atoms with Crippen molar-refractivity contribution >= 4 is 11.6 Å². The number of ether oxygens (including phenoxy) is 1. The second kappa shape index (κ2) is 10.1. The van der Waals surface area contributed by atoms with Gasteiger partial charge in [-0.1, -0.05) is 48.5 Å². The van der Waals surface area contributed by atoms with Gasteiger partial charge in [0.15, 0.2) is 0 Å². The van der Waals surface area contributed by atoms with Crippen LogP contribution in [0.15, 0.2) is 71.7 Å². The van der Waals surface area contributed by atoms with E-state index in [-0.39, 0.29) is 17.4 Å². The van der Waals surface area contributed by atoms with Crippen molar-refractivity contribution in [1.82, 2.24) is 15.1 Å². The number of nitrogens with one attached hydrogen (secondary N) is 1. The van der Waals surface area contributed by atoms with E-state index in [1.807, 2.05) is 54.6 Å². The molecule has 1 aromatic heterocycles. The fourth-order valence-electron chi connectivity index (χ4n) is 4.05. The first-order valence-electron chi connectivity index (χ1n) is 10.9. The van der Waals surface area contributed by atoms with Gasteiger partial charge in [-0.25, -0.2) is 4.68 Å². The lowest BCUT2D eigenvalue weighted by atomic mass is 9.95. The van der Waals surface area contributed by atoms with Gasteiger partial charge in [-0.05, 0) is 24.5 Å². The third kappa shape index (κ3) is 5.17. The van der Waals surface area contributed by atoms with E-state index in [1.54, 1.807) is 19.4 Å². The van der Waals surface area contributed by atoms with E-state index in [0.717, 1.165) is 48.5 Å². The van der Waals surface area contributed by atoms with Gasteiger partial charge in [0.25, 0.3) is 5.56 Å². The maximum atomic E-state index is 12.7. The van der Waals surface area contributed by atoms with E-state index < -0.39 is 0 Å². The van der Waals surface area contributed by atoms with Crippen molar-refractivity contribution in [2.45, 2.75) is 25.9 Å². The van der Waals surface area contributed by atoms with Crippen LogP contribution in [-0.4, -0.2) is 35.9 Å². The summed E-state index contributed by atoms with van der Waals surface area (Å²) in [4.78, 5) is 27.3. The molecule has 0 aliphatic carbocycles. The summed E-state index contributed by atoms with van der Waals surface area (Å²) in [7, 11) is 1.63. The van der Waals surface area contributed by atoms with Crippen LogP contribution in [0.3, 0.4) is 0 Å². The Morgan fingerprint density at radius 3 is 2.53 bits per heavy atom. The number of rotatable bonds is 7. The minimum absolute atomic E-state index is 0.0348. The molecule has 3 aromatic rings. The summed E-state index contributed by atoms with van der Waals surface area (Å²) in [6, 6.07) is 19.1. The highest BCUT2D eigenvalue weighted by molar-refractivity contribution is 5.79. The summed E-state index contributed by atoms with van der Waals surface area (Å²) in [6.07, 6.45) is 3.22. The summed E-state index contributed by atoms with van der Waals surface area (Å²) < 4.78 is 6.82. The van der Waals surface area contributed by atoms with Gasteiger partial charge in [-0.2, -0.15) is 5.10 Å². The first-order valence-corrected chi connectivity index (χ1v) is 10.9. The van der Waals surface area contributed by atoms with Crippen molar-refractivity contribution in [3.8, 4) is 5.75 Å². The molecule has 1 N–H and O–H groups in total. The maximum Gasteiger partial charge on any atom is 0.269 e.